The summed E-state index contributed by atoms with van der Waals surface area (Å²) in [5.41, 5.74) is 3.15. The number of ether oxygens (including phenoxy) is 1. The molecule has 1 saturated heterocycles. The number of aryl methyl sites for hydroxylation is 2. The van der Waals surface area contributed by atoms with Crippen LogP contribution in [-0.2, 0) is 9.53 Å². The molecule has 0 N–H and O–H groups in total. The Kier molecular flexibility index (Phi) is 5.35. The predicted molar refractivity (Wildman–Crippen MR) is 114 cm³/mol. The number of amides is 3. The second kappa shape index (κ2) is 7.98. The number of esters is 1. The Labute approximate surface area is 180 Å². The van der Waals surface area contributed by atoms with Crippen molar-refractivity contribution in [2.24, 2.45) is 5.92 Å². The molecule has 2 heterocycles. The molecule has 2 aliphatic rings. The van der Waals surface area contributed by atoms with Gasteiger partial charge in [-0.1, -0.05) is 12.1 Å². The van der Waals surface area contributed by atoms with Crippen LogP contribution in [0.2, 0.25) is 0 Å². The topological polar surface area (TPSA) is 84.0 Å². The van der Waals surface area contributed by atoms with Crippen molar-refractivity contribution in [1.82, 2.24) is 4.90 Å². The van der Waals surface area contributed by atoms with Gasteiger partial charge in [0.1, 0.15) is 0 Å². The third-order valence-electron chi connectivity index (χ3n) is 5.98. The lowest BCUT2D eigenvalue weighted by Crippen LogP contribution is -2.42. The first-order chi connectivity index (χ1) is 14.8. The molecule has 0 saturated carbocycles. The number of likely N-dealkylation sites (tertiary alicyclic amines) is 1. The molecule has 1 unspecified atom stereocenters. The van der Waals surface area contributed by atoms with E-state index in [9.17, 15) is 19.2 Å². The minimum Gasteiger partial charge on any atom is -0.469 e. The molecule has 160 valence electrons. The van der Waals surface area contributed by atoms with Gasteiger partial charge in [-0.2, -0.15) is 0 Å². The van der Waals surface area contributed by atoms with E-state index >= 15 is 0 Å². The minimum atomic E-state index is -0.436. The van der Waals surface area contributed by atoms with Crippen molar-refractivity contribution in [3.63, 3.8) is 0 Å². The molecule has 7 nitrogen and oxygen atoms in total. The van der Waals surface area contributed by atoms with Gasteiger partial charge in [-0.05, 0) is 62.1 Å². The number of benzene rings is 2. The Hall–Kier alpha value is -3.48. The summed E-state index contributed by atoms with van der Waals surface area (Å²) in [4.78, 5) is 53.8. The molecule has 1 atom stereocenters. The number of anilines is 1. The first-order valence-corrected chi connectivity index (χ1v) is 10.3. The number of hydrogen-bond acceptors (Lipinski definition) is 5. The van der Waals surface area contributed by atoms with Gasteiger partial charge in [0, 0.05) is 18.7 Å². The summed E-state index contributed by atoms with van der Waals surface area (Å²) >= 11 is 0. The van der Waals surface area contributed by atoms with Gasteiger partial charge in [0.2, 0.25) is 0 Å². The van der Waals surface area contributed by atoms with Gasteiger partial charge in [-0.3, -0.25) is 19.2 Å². The highest BCUT2D eigenvalue weighted by Gasteiger charge is 2.38. The molecule has 3 amide bonds. The summed E-state index contributed by atoms with van der Waals surface area (Å²) in [6.45, 7) is 4.56. The number of nitrogens with zero attached hydrogens (tertiary/aromatic N) is 2. The van der Waals surface area contributed by atoms with Crippen LogP contribution in [-0.4, -0.2) is 48.8 Å². The van der Waals surface area contributed by atoms with Gasteiger partial charge < -0.3 is 9.64 Å². The predicted octanol–water partition coefficient (Wildman–Crippen LogP) is 3.13. The average molecular weight is 420 g/mol. The SMILES string of the molecule is COC(=O)C1CCCN(C(=O)c2ccc3c(c2)C(=O)N(c2cc(C)ccc2C)C3=O)C1. The normalized spacial score (nSPS) is 18.2. The molecule has 2 aromatic carbocycles. The zero-order valence-corrected chi connectivity index (χ0v) is 17.8. The molecule has 0 spiro atoms. The number of methoxy groups -OCH3 is 1. The maximum Gasteiger partial charge on any atom is 0.310 e. The van der Waals surface area contributed by atoms with Crippen molar-refractivity contribution in [1.29, 1.82) is 0 Å². The van der Waals surface area contributed by atoms with Crippen molar-refractivity contribution < 1.29 is 23.9 Å². The van der Waals surface area contributed by atoms with Gasteiger partial charge in [-0.25, -0.2) is 4.90 Å². The number of carbonyl (C=O) groups excluding carboxylic acids is 4. The fourth-order valence-corrected chi connectivity index (χ4v) is 4.26. The molecule has 31 heavy (non-hydrogen) atoms. The minimum absolute atomic E-state index is 0.221. The number of fused-ring (bicyclic) bond motifs is 1. The highest BCUT2D eigenvalue weighted by atomic mass is 16.5. The lowest BCUT2D eigenvalue weighted by Gasteiger charge is -2.31. The van der Waals surface area contributed by atoms with Crippen LogP contribution in [0.25, 0.3) is 0 Å². The van der Waals surface area contributed by atoms with Gasteiger partial charge in [0.05, 0.1) is 29.8 Å². The second-order valence-corrected chi connectivity index (χ2v) is 8.11. The fraction of sp³-hybridized carbons (Fsp3) is 0.333. The van der Waals surface area contributed by atoms with Crippen LogP contribution in [0.3, 0.4) is 0 Å². The van der Waals surface area contributed by atoms with E-state index in [2.05, 4.69) is 0 Å². The Balaban J connectivity index is 1.62. The zero-order valence-electron chi connectivity index (χ0n) is 17.8. The lowest BCUT2D eigenvalue weighted by molar-refractivity contribution is -0.146. The number of rotatable bonds is 3. The van der Waals surface area contributed by atoms with Crippen molar-refractivity contribution >= 4 is 29.4 Å². The van der Waals surface area contributed by atoms with Crippen molar-refractivity contribution in [2.45, 2.75) is 26.7 Å². The second-order valence-electron chi connectivity index (χ2n) is 8.11. The first kappa shape index (κ1) is 20.8. The standard InChI is InChI=1S/C24H24N2O5/c1-14-6-7-15(2)20(11-14)26-22(28)18-9-8-16(12-19(18)23(26)29)21(27)25-10-4-5-17(13-25)24(30)31-3/h6-9,11-12,17H,4-5,10,13H2,1-3H3. The van der Waals surface area contributed by atoms with Gasteiger partial charge in [0.25, 0.3) is 17.7 Å². The first-order valence-electron chi connectivity index (χ1n) is 10.3. The third kappa shape index (κ3) is 3.60. The summed E-state index contributed by atoms with van der Waals surface area (Å²) < 4.78 is 4.82. The van der Waals surface area contributed by atoms with Crippen LogP contribution in [0.15, 0.2) is 36.4 Å². The Morgan fingerprint density at radius 3 is 2.48 bits per heavy atom. The zero-order chi connectivity index (χ0) is 22.3. The van der Waals surface area contributed by atoms with E-state index in [4.69, 9.17) is 4.74 Å². The van der Waals surface area contributed by atoms with Crippen LogP contribution in [0.5, 0.6) is 0 Å². The van der Waals surface area contributed by atoms with E-state index in [1.807, 2.05) is 32.0 Å². The Morgan fingerprint density at radius 2 is 1.74 bits per heavy atom. The van der Waals surface area contributed by atoms with Gasteiger partial charge in [-0.15, -0.1) is 0 Å². The summed E-state index contributed by atoms with van der Waals surface area (Å²) in [6.07, 6.45) is 1.38. The lowest BCUT2D eigenvalue weighted by atomic mass is 9.97. The molecule has 4 rings (SSSR count). The molecule has 2 aliphatic heterocycles. The summed E-state index contributed by atoms with van der Waals surface area (Å²) in [5, 5.41) is 0. The summed E-state index contributed by atoms with van der Waals surface area (Å²) in [5.74, 6) is -1.76. The molecular weight excluding hydrogens is 396 g/mol. The van der Waals surface area contributed by atoms with Gasteiger partial charge in [0.15, 0.2) is 0 Å². The number of imide groups is 1. The highest BCUT2D eigenvalue weighted by Crippen LogP contribution is 2.32. The maximum atomic E-state index is 13.1. The van der Waals surface area contributed by atoms with Crippen molar-refractivity contribution in [2.75, 3.05) is 25.1 Å². The molecular formula is C24H24N2O5. The van der Waals surface area contributed by atoms with Crippen LogP contribution in [0.4, 0.5) is 5.69 Å². The molecule has 1 fully saturated rings. The van der Waals surface area contributed by atoms with E-state index in [1.54, 1.807) is 11.0 Å². The highest BCUT2D eigenvalue weighted by molar-refractivity contribution is 6.35. The maximum absolute atomic E-state index is 13.1. The van der Waals surface area contributed by atoms with Crippen LogP contribution >= 0.6 is 0 Å². The smallest absolute Gasteiger partial charge is 0.310 e. The third-order valence-corrected chi connectivity index (χ3v) is 5.98. The summed E-state index contributed by atoms with van der Waals surface area (Å²) in [6, 6.07) is 10.2. The Morgan fingerprint density at radius 1 is 1.00 bits per heavy atom. The van der Waals surface area contributed by atoms with E-state index < -0.39 is 11.8 Å². The van der Waals surface area contributed by atoms with Crippen LogP contribution in [0, 0.1) is 19.8 Å². The van der Waals surface area contributed by atoms with E-state index in [0.29, 0.717) is 30.6 Å². The molecule has 0 bridgehead atoms. The van der Waals surface area contributed by atoms with E-state index in [-0.39, 0.29) is 35.5 Å². The summed E-state index contributed by atoms with van der Waals surface area (Å²) in [7, 11) is 1.34. The fourth-order valence-electron chi connectivity index (χ4n) is 4.26. The number of piperidine rings is 1. The van der Waals surface area contributed by atoms with Crippen LogP contribution in [0.1, 0.15) is 55.0 Å². The molecule has 2 aromatic rings. The molecule has 0 aromatic heterocycles. The monoisotopic (exact) mass is 420 g/mol. The van der Waals surface area contributed by atoms with E-state index in [1.165, 1.54) is 24.1 Å². The van der Waals surface area contributed by atoms with Crippen molar-refractivity contribution in [3.05, 3.63) is 64.2 Å². The molecule has 0 aliphatic carbocycles. The van der Waals surface area contributed by atoms with Crippen LogP contribution < -0.4 is 4.90 Å². The number of hydrogen-bond donors (Lipinski definition) is 0. The molecule has 0 radical (unpaired) electrons. The molecule has 7 heteroatoms. The largest absolute Gasteiger partial charge is 0.469 e. The van der Waals surface area contributed by atoms with Crippen molar-refractivity contribution in [3.8, 4) is 0 Å². The van der Waals surface area contributed by atoms with Gasteiger partial charge >= 0.3 is 5.97 Å². The average Bonchev–Trinajstić information content (AvgIpc) is 3.04. The number of carbonyl (C=O) groups is 4. The Bertz CT molecular complexity index is 1110. The quantitative estimate of drug-likeness (QED) is 0.563. The van der Waals surface area contributed by atoms with E-state index in [0.717, 1.165) is 11.1 Å².